The molecule has 1 aliphatic carbocycles. The van der Waals surface area contributed by atoms with Crippen molar-refractivity contribution in [3.05, 3.63) is 35.9 Å². The highest BCUT2D eigenvalue weighted by atomic mass is 16.3. The van der Waals surface area contributed by atoms with E-state index >= 15 is 0 Å². The fraction of sp³-hybridized carbons (Fsp3) is 0.684. The van der Waals surface area contributed by atoms with Crippen molar-refractivity contribution < 1.29 is 5.11 Å². The zero-order valence-corrected chi connectivity index (χ0v) is 13.8. The van der Waals surface area contributed by atoms with Crippen molar-refractivity contribution in [1.29, 1.82) is 0 Å². The third-order valence-corrected chi connectivity index (χ3v) is 5.52. The number of aliphatic hydroxyl groups excluding tert-OH is 1. The summed E-state index contributed by atoms with van der Waals surface area (Å²) in [6.07, 6.45) is 5.21. The summed E-state index contributed by atoms with van der Waals surface area (Å²) in [5.41, 5.74) is 1.03. The topological polar surface area (TPSA) is 26.7 Å². The van der Waals surface area contributed by atoms with Gasteiger partial charge in [0.2, 0.25) is 0 Å². The smallest absolute Gasteiger partial charge is 0.0916 e. The highest BCUT2D eigenvalue weighted by Gasteiger charge is 2.27. The molecule has 1 saturated carbocycles. The van der Waals surface area contributed by atoms with Gasteiger partial charge in [-0.1, -0.05) is 37.3 Å². The Bertz CT molecular complexity index is 434. The van der Waals surface area contributed by atoms with Crippen LogP contribution in [0.1, 0.15) is 44.3 Å². The Morgan fingerprint density at radius 3 is 2.27 bits per heavy atom. The Morgan fingerprint density at radius 1 is 1.00 bits per heavy atom. The van der Waals surface area contributed by atoms with Gasteiger partial charge in [-0.2, -0.15) is 0 Å². The van der Waals surface area contributed by atoms with Crippen LogP contribution in [0, 0.1) is 5.92 Å². The van der Waals surface area contributed by atoms with Crippen LogP contribution < -0.4 is 0 Å². The van der Waals surface area contributed by atoms with Crippen LogP contribution >= 0.6 is 0 Å². The average Bonchev–Trinajstić information content (AvgIpc) is 2.57. The van der Waals surface area contributed by atoms with E-state index in [-0.39, 0.29) is 6.10 Å². The summed E-state index contributed by atoms with van der Waals surface area (Å²) in [6, 6.07) is 10.9. The molecule has 3 rings (SSSR count). The van der Waals surface area contributed by atoms with Crippen molar-refractivity contribution >= 4 is 0 Å². The van der Waals surface area contributed by atoms with E-state index in [2.05, 4.69) is 16.7 Å². The molecule has 0 radical (unpaired) electrons. The van der Waals surface area contributed by atoms with Gasteiger partial charge >= 0.3 is 0 Å². The lowest BCUT2D eigenvalue weighted by atomic mass is 9.86. The molecule has 3 nitrogen and oxygen atoms in total. The van der Waals surface area contributed by atoms with Gasteiger partial charge in [-0.15, -0.1) is 0 Å². The standard InChI is InChI=1S/C19H30N2O/c1-16-7-9-18(10-8-16)21-13-11-20(12-14-21)15-19(22)17-5-3-2-4-6-17/h2-6,16,18-19,22H,7-15H2,1H3. The first kappa shape index (κ1) is 16.0. The molecule has 0 bridgehead atoms. The zero-order chi connectivity index (χ0) is 15.4. The van der Waals surface area contributed by atoms with Gasteiger partial charge in [0.15, 0.2) is 0 Å². The summed E-state index contributed by atoms with van der Waals surface area (Å²) >= 11 is 0. The Balaban J connectivity index is 1.44. The van der Waals surface area contributed by atoms with Crippen LogP contribution in [0.2, 0.25) is 0 Å². The van der Waals surface area contributed by atoms with E-state index in [0.29, 0.717) is 0 Å². The van der Waals surface area contributed by atoms with E-state index in [1.54, 1.807) is 0 Å². The van der Waals surface area contributed by atoms with Gasteiger partial charge in [-0.05, 0) is 37.2 Å². The number of benzene rings is 1. The van der Waals surface area contributed by atoms with Crippen molar-refractivity contribution in [2.75, 3.05) is 32.7 Å². The number of β-amino-alcohol motifs (C(OH)–C–C–N with tert-alkyl or cyclic N) is 1. The minimum atomic E-state index is -0.358. The van der Waals surface area contributed by atoms with Crippen LogP contribution in [-0.2, 0) is 0 Å². The van der Waals surface area contributed by atoms with Gasteiger partial charge in [0, 0.05) is 38.8 Å². The van der Waals surface area contributed by atoms with E-state index in [4.69, 9.17) is 0 Å². The van der Waals surface area contributed by atoms with E-state index in [0.717, 1.165) is 37.2 Å². The van der Waals surface area contributed by atoms with Crippen LogP contribution in [0.3, 0.4) is 0 Å². The summed E-state index contributed by atoms with van der Waals surface area (Å²) < 4.78 is 0. The second-order valence-corrected chi connectivity index (χ2v) is 7.18. The molecule has 2 aliphatic rings. The molecule has 1 aromatic rings. The lowest BCUT2D eigenvalue weighted by Gasteiger charge is -2.42. The molecule has 1 aliphatic heterocycles. The monoisotopic (exact) mass is 302 g/mol. The minimum absolute atomic E-state index is 0.358. The summed E-state index contributed by atoms with van der Waals surface area (Å²) in [5.74, 6) is 0.929. The molecule has 1 saturated heterocycles. The molecule has 1 N–H and O–H groups in total. The number of rotatable bonds is 4. The Labute approximate surface area is 134 Å². The second kappa shape index (κ2) is 7.58. The highest BCUT2D eigenvalue weighted by molar-refractivity contribution is 5.17. The molecular weight excluding hydrogens is 272 g/mol. The molecule has 0 amide bonds. The van der Waals surface area contributed by atoms with E-state index in [1.165, 1.54) is 38.8 Å². The third kappa shape index (κ3) is 4.09. The fourth-order valence-electron chi connectivity index (χ4n) is 3.94. The molecule has 1 atom stereocenters. The number of piperazine rings is 1. The predicted molar refractivity (Wildman–Crippen MR) is 90.8 cm³/mol. The molecule has 1 unspecified atom stereocenters. The van der Waals surface area contributed by atoms with Gasteiger partial charge in [-0.25, -0.2) is 0 Å². The van der Waals surface area contributed by atoms with Gasteiger partial charge in [-0.3, -0.25) is 9.80 Å². The van der Waals surface area contributed by atoms with Crippen molar-refractivity contribution in [1.82, 2.24) is 9.80 Å². The molecule has 3 heteroatoms. The maximum atomic E-state index is 10.4. The Morgan fingerprint density at radius 2 is 1.64 bits per heavy atom. The molecule has 22 heavy (non-hydrogen) atoms. The highest BCUT2D eigenvalue weighted by Crippen LogP contribution is 2.27. The van der Waals surface area contributed by atoms with Crippen LogP contribution in [0.5, 0.6) is 0 Å². The van der Waals surface area contributed by atoms with Crippen LogP contribution in [0.25, 0.3) is 0 Å². The number of hydrogen-bond acceptors (Lipinski definition) is 3. The summed E-state index contributed by atoms with van der Waals surface area (Å²) in [5, 5.41) is 10.4. The quantitative estimate of drug-likeness (QED) is 0.926. The van der Waals surface area contributed by atoms with Gasteiger partial charge in [0.05, 0.1) is 6.10 Å². The van der Waals surface area contributed by atoms with Gasteiger partial charge < -0.3 is 5.11 Å². The second-order valence-electron chi connectivity index (χ2n) is 7.18. The van der Waals surface area contributed by atoms with Gasteiger partial charge in [0.1, 0.15) is 0 Å². The van der Waals surface area contributed by atoms with Crippen molar-refractivity contribution in [3.63, 3.8) is 0 Å². The first-order valence-corrected chi connectivity index (χ1v) is 8.92. The lowest BCUT2D eigenvalue weighted by molar-refractivity contribution is 0.0439. The van der Waals surface area contributed by atoms with Crippen LogP contribution in [-0.4, -0.2) is 53.7 Å². The average molecular weight is 302 g/mol. The number of hydrogen-bond donors (Lipinski definition) is 1. The summed E-state index contributed by atoms with van der Waals surface area (Å²) in [6.45, 7) is 7.67. The third-order valence-electron chi connectivity index (χ3n) is 5.52. The maximum absolute atomic E-state index is 10.4. The van der Waals surface area contributed by atoms with Crippen molar-refractivity contribution in [2.24, 2.45) is 5.92 Å². The van der Waals surface area contributed by atoms with Gasteiger partial charge in [0.25, 0.3) is 0 Å². The van der Waals surface area contributed by atoms with E-state index < -0.39 is 0 Å². The molecular formula is C19H30N2O. The molecule has 122 valence electrons. The maximum Gasteiger partial charge on any atom is 0.0916 e. The zero-order valence-electron chi connectivity index (χ0n) is 13.8. The van der Waals surface area contributed by atoms with Crippen molar-refractivity contribution in [3.8, 4) is 0 Å². The molecule has 2 fully saturated rings. The summed E-state index contributed by atoms with van der Waals surface area (Å²) in [4.78, 5) is 5.11. The largest absolute Gasteiger partial charge is 0.387 e. The minimum Gasteiger partial charge on any atom is -0.387 e. The first-order valence-electron chi connectivity index (χ1n) is 8.92. The summed E-state index contributed by atoms with van der Waals surface area (Å²) in [7, 11) is 0. The SMILES string of the molecule is CC1CCC(N2CCN(CC(O)c3ccccc3)CC2)CC1. The molecule has 1 aromatic carbocycles. The van der Waals surface area contributed by atoms with Crippen LogP contribution in [0.15, 0.2) is 30.3 Å². The normalized spacial score (nSPS) is 29.4. The number of nitrogens with zero attached hydrogens (tertiary/aromatic N) is 2. The van der Waals surface area contributed by atoms with E-state index in [9.17, 15) is 5.11 Å². The fourth-order valence-corrected chi connectivity index (χ4v) is 3.94. The Hall–Kier alpha value is -0.900. The Kier molecular flexibility index (Phi) is 5.51. The van der Waals surface area contributed by atoms with Crippen molar-refractivity contribution in [2.45, 2.75) is 44.8 Å². The molecule has 0 spiro atoms. The molecule has 0 aromatic heterocycles. The van der Waals surface area contributed by atoms with E-state index in [1.807, 2.05) is 30.3 Å². The number of aliphatic hydroxyl groups is 1. The first-order chi connectivity index (χ1) is 10.7. The predicted octanol–water partition coefficient (Wildman–Crippen LogP) is 2.92. The van der Waals surface area contributed by atoms with Crippen LogP contribution in [0.4, 0.5) is 0 Å². The molecule has 1 heterocycles. The lowest BCUT2D eigenvalue weighted by Crippen LogP contribution is -2.51.